The number of hydrogen-bond donors (Lipinski definition) is 0. The second-order valence-corrected chi connectivity index (χ2v) is 6.76. The van der Waals surface area contributed by atoms with Crippen LogP contribution >= 0.6 is 0 Å². The van der Waals surface area contributed by atoms with Crippen molar-refractivity contribution in [3.05, 3.63) is 71.0 Å². The third-order valence-corrected chi connectivity index (χ3v) is 4.92. The van der Waals surface area contributed by atoms with Gasteiger partial charge >= 0.3 is 5.97 Å². The fraction of sp³-hybridized carbons (Fsp3) is 0.409. The van der Waals surface area contributed by atoms with Gasteiger partial charge in [0, 0.05) is 26.7 Å². The van der Waals surface area contributed by atoms with Crippen LogP contribution in [0.4, 0.5) is 4.39 Å². The van der Waals surface area contributed by atoms with Gasteiger partial charge in [-0.05, 0) is 41.5 Å². The van der Waals surface area contributed by atoms with Crippen LogP contribution in [0.15, 0.2) is 48.5 Å². The molecule has 2 aromatic carbocycles. The van der Waals surface area contributed by atoms with Crippen molar-refractivity contribution in [2.75, 3.05) is 20.3 Å². The van der Waals surface area contributed by atoms with E-state index in [2.05, 4.69) is 0 Å². The lowest BCUT2D eigenvalue weighted by atomic mass is 9.90. The van der Waals surface area contributed by atoms with E-state index in [-0.39, 0.29) is 24.8 Å². The first-order valence-corrected chi connectivity index (χ1v) is 9.27. The van der Waals surface area contributed by atoms with Crippen LogP contribution in [0.2, 0.25) is 0 Å². The van der Waals surface area contributed by atoms with Crippen molar-refractivity contribution in [3.63, 3.8) is 0 Å². The Morgan fingerprint density at radius 2 is 1.89 bits per heavy atom. The van der Waals surface area contributed by atoms with Gasteiger partial charge in [0.25, 0.3) is 0 Å². The van der Waals surface area contributed by atoms with Gasteiger partial charge in [-0.1, -0.05) is 42.5 Å². The van der Waals surface area contributed by atoms with Crippen LogP contribution in [0.3, 0.4) is 0 Å². The molecule has 1 aliphatic heterocycles. The molecule has 0 amide bonds. The number of ether oxygens (including phenoxy) is 3. The molecule has 5 heteroatoms. The molecule has 2 aromatic rings. The van der Waals surface area contributed by atoms with E-state index >= 15 is 0 Å². The average molecular weight is 372 g/mol. The minimum atomic E-state index is -0.762. The lowest BCUT2D eigenvalue weighted by Crippen LogP contribution is -2.27. The number of hydrogen-bond acceptors (Lipinski definition) is 4. The van der Waals surface area contributed by atoms with Gasteiger partial charge in [-0.3, -0.25) is 0 Å². The number of carbonyl (C=O) groups excluding carboxylic acids is 1. The zero-order chi connectivity index (χ0) is 19.1. The van der Waals surface area contributed by atoms with Crippen molar-refractivity contribution >= 4 is 5.97 Å². The predicted octanol–water partition coefficient (Wildman–Crippen LogP) is 4.02. The molecule has 1 heterocycles. The molecule has 0 aromatic heterocycles. The summed E-state index contributed by atoms with van der Waals surface area (Å²) in [6.07, 6.45) is 1.18. The molecule has 1 fully saturated rings. The summed E-state index contributed by atoms with van der Waals surface area (Å²) in [7, 11) is 1.46. The Bertz CT molecular complexity index is 741. The SMILES string of the molecule is COC(Cc1ccc(C2CCOCC2)c(F)c1)C(=O)OCc1ccccc1. The minimum Gasteiger partial charge on any atom is -0.459 e. The highest BCUT2D eigenvalue weighted by Crippen LogP contribution is 2.29. The van der Waals surface area contributed by atoms with Crippen LogP contribution in [-0.4, -0.2) is 32.4 Å². The fourth-order valence-corrected chi connectivity index (χ4v) is 3.34. The monoisotopic (exact) mass is 372 g/mol. The van der Waals surface area contributed by atoms with E-state index in [1.807, 2.05) is 42.5 Å². The zero-order valence-electron chi connectivity index (χ0n) is 15.5. The van der Waals surface area contributed by atoms with Crippen LogP contribution in [-0.2, 0) is 32.0 Å². The summed E-state index contributed by atoms with van der Waals surface area (Å²) in [5.41, 5.74) is 2.35. The van der Waals surface area contributed by atoms with Crippen molar-refractivity contribution in [1.29, 1.82) is 0 Å². The van der Waals surface area contributed by atoms with Gasteiger partial charge in [0.15, 0.2) is 6.10 Å². The van der Waals surface area contributed by atoms with Crippen molar-refractivity contribution in [3.8, 4) is 0 Å². The summed E-state index contributed by atoms with van der Waals surface area (Å²) in [4.78, 5) is 12.3. The van der Waals surface area contributed by atoms with Gasteiger partial charge in [0.1, 0.15) is 12.4 Å². The first-order chi connectivity index (χ1) is 13.2. The summed E-state index contributed by atoms with van der Waals surface area (Å²) < 4.78 is 30.5. The number of methoxy groups -OCH3 is 1. The van der Waals surface area contributed by atoms with Crippen LogP contribution < -0.4 is 0 Å². The normalized spacial score (nSPS) is 16.1. The molecule has 0 saturated carbocycles. The molecule has 0 radical (unpaired) electrons. The quantitative estimate of drug-likeness (QED) is 0.689. The Morgan fingerprint density at radius 3 is 2.56 bits per heavy atom. The van der Waals surface area contributed by atoms with E-state index in [0.717, 1.165) is 24.0 Å². The van der Waals surface area contributed by atoms with Gasteiger partial charge in [0.2, 0.25) is 0 Å². The minimum absolute atomic E-state index is 0.191. The van der Waals surface area contributed by atoms with Crippen LogP contribution in [0.1, 0.15) is 35.4 Å². The largest absolute Gasteiger partial charge is 0.459 e. The van der Waals surface area contributed by atoms with Crippen molar-refractivity contribution in [2.24, 2.45) is 0 Å². The Balaban J connectivity index is 1.60. The van der Waals surface area contributed by atoms with E-state index < -0.39 is 12.1 Å². The summed E-state index contributed by atoms with van der Waals surface area (Å²) in [6, 6.07) is 14.6. The fourth-order valence-electron chi connectivity index (χ4n) is 3.34. The molecule has 0 N–H and O–H groups in total. The molecule has 4 nitrogen and oxygen atoms in total. The van der Waals surface area contributed by atoms with Crippen molar-refractivity contribution < 1.29 is 23.4 Å². The average Bonchev–Trinajstić information content (AvgIpc) is 2.71. The van der Waals surface area contributed by atoms with Gasteiger partial charge < -0.3 is 14.2 Å². The van der Waals surface area contributed by atoms with Crippen LogP contribution in [0, 0.1) is 5.82 Å². The Labute approximate surface area is 159 Å². The lowest BCUT2D eigenvalue weighted by molar-refractivity contribution is -0.156. The number of esters is 1. The van der Waals surface area contributed by atoms with Crippen molar-refractivity contribution in [2.45, 2.75) is 37.9 Å². The number of halogens is 1. The molecule has 0 bridgehead atoms. The molecule has 27 heavy (non-hydrogen) atoms. The maximum Gasteiger partial charge on any atom is 0.335 e. The first-order valence-electron chi connectivity index (χ1n) is 9.27. The topological polar surface area (TPSA) is 44.8 Å². The van der Waals surface area contributed by atoms with E-state index in [1.165, 1.54) is 13.2 Å². The summed E-state index contributed by atoms with van der Waals surface area (Å²) in [5, 5.41) is 0. The molecule has 0 spiro atoms. The summed E-state index contributed by atoms with van der Waals surface area (Å²) >= 11 is 0. The first kappa shape index (κ1) is 19.5. The molecule has 1 saturated heterocycles. The standard InChI is InChI=1S/C22H25FO4/c1-25-21(22(24)27-15-16-5-3-2-4-6-16)14-17-7-8-19(20(23)13-17)18-9-11-26-12-10-18/h2-8,13,18,21H,9-12,14-15H2,1H3. The van der Waals surface area contributed by atoms with Gasteiger partial charge in [0.05, 0.1) is 0 Å². The molecule has 144 valence electrons. The molecular weight excluding hydrogens is 347 g/mol. The molecule has 1 unspecified atom stereocenters. The van der Waals surface area contributed by atoms with Gasteiger partial charge in [-0.2, -0.15) is 0 Å². The highest BCUT2D eigenvalue weighted by molar-refractivity contribution is 5.75. The molecule has 1 aliphatic rings. The highest BCUT2D eigenvalue weighted by atomic mass is 19.1. The Morgan fingerprint density at radius 1 is 1.15 bits per heavy atom. The number of carbonyl (C=O) groups is 1. The summed E-state index contributed by atoms with van der Waals surface area (Å²) in [5.74, 6) is -0.482. The smallest absolute Gasteiger partial charge is 0.335 e. The molecule has 3 rings (SSSR count). The van der Waals surface area contributed by atoms with Crippen molar-refractivity contribution in [1.82, 2.24) is 0 Å². The van der Waals surface area contributed by atoms with Gasteiger partial charge in [-0.25, -0.2) is 9.18 Å². The zero-order valence-corrected chi connectivity index (χ0v) is 15.5. The lowest BCUT2D eigenvalue weighted by Gasteiger charge is -2.23. The number of benzene rings is 2. The van der Waals surface area contributed by atoms with Crippen LogP contribution in [0.5, 0.6) is 0 Å². The molecule has 0 aliphatic carbocycles. The highest BCUT2D eigenvalue weighted by Gasteiger charge is 2.23. The third-order valence-electron chi connectivity index (χ3n) is 4.92. The molecular formula is C22H25FO4. The molecule has 1 atom stereocenters. The van der Waals surface area contributed by atoms with E-state index in [4.69, 9.17) is 14.2 Å². The summed E-state index contributed by atoms with van der Waals surface area (Å²) in [6.45, 7) is 1.53. The maximum atomic E-state index is 14.6. The van der Waals surface area contributed by atoms with Gasteiger partial charge in [-0.15, -0.1) is 0 Å². The van der Waals surface area contributed by atoms with E-state index in [9.17, 15) is 9.18 Å². The van der Waals surface area contributed by atoms with Crippen LogP contribution in [0.25, 0.3) is 0 Å². The number of rotatable bonds is 7. The maximum absolute atomic E-state index is 14.6. The third kappa shape index (κ3) is 5.37. The predicted molar refractivity (Wildman–Crippen MR) is 99.9 cm³/mol. The van der Waals surface area contributed by atoms with E-state index in [0.29, 0.717) is 18.8 Å². The Kier molecular flexibility index (Phi) is 6.96. The second kappa shape index (κ2) is 9.62. The Hall–Kier alpha value is -2.24. The second-order valence-electron chi connectivity index (χ2n) is 6.76. The van der Waals surface area contributed by atoms with E-state index in [1.54, 1.807) is 0 Å².